The third-order valence-corrected chi connectivity index (χ3v) is 4.75. The summed E-state index contributed by atoms with van der Waals surface area (Å²) in [4.78, 5) is 26.0. The minimum absolute atomic E-state index is 0.0527. The van der Waals surface area contributed by atoms with Crippen LogP contribution in [0.5, 0.6) is 0 Å². The lowest BCUT2D eigenvalue weighted by Crippen LogP contribution is -2.43. The minimum Gasteiger partial charge on any atom is -0.353 e. The van der Waals surface area contributed by atoms with Gasteiger partial charge in [0.2, 0.25) is 11.8 Å². The summed E-state index contributed by atoms with van der Waals surface area (Å²) >= 11 is 0. The molecule has 1 saturated heterocycles. The Morgan fingerprint density at radius 1 is 1.12 bits per heavy atom. The monoisotopic (exact) mass is 354 g/mol. The van der Waals surface area contributed by atoms with Crippen molar-refractivity contribution in [3.63, 3.8) is 0 Å². The number of likely N-dealkylation sites (tertiary alicyclic amines) is 1. The Bertz CT molecular complexity index is 648. The zero-order valence-electron chi connectivity index (χ0n) is 13.8. The van der Waals surface area contributed by atoms with E-state index in [9.17, 15) is 22.8 Å². The molecule has 2 fully saturated rings. The standard InChI is InChI=1S/C18H21F3N2O2/c19-18(20,21)14-3-1-2-12(10-14)11-16(24)23-8-6-13(7-9-23)17(25)22-15-4-5-15/h1-3,10,13,15H,4-9,11H2,(H,22,25). The molecular formula is C18H21F3N2O2. The van der Waals surface area contributed by atoms with Crippen molar-refractivity contribution < 1.29 is 22.8 Å². The van der Waals surface area contributed by atoms with Gasteiger partial charge in [0.25, 0.3) is 0 Å². The highest BCUT2D eigenvalue weighted by molar-refractivity contribution is 5.81. The number of piperidine rings is 1. The zero-order valence-corrected chi connectivity index (χ0v) is 13.8. The Balaban J connectivity index is 1.52. The smallest absolute Gasteiger partial charge is 0.353 e. The summed E-state index contributed by atoms with van der Waals surface area (Å²) in [5.41, 5.74) is -0.387. The number of benzene rings is 1. The van der Waals surface area contributed by atoms with E-state index in [1.54, 1.807) is 4.90 Å². The Hall–Kier alpha value is -2.05. The van der Waals surface area contributed by atoms with Crippen molar-refractivity contribution in [3.05, 3.63) is 35.4 Å². The van der Waals surface area contributed by atoms with Crippen LogP contribution in [0.15, 0.2) is 24.3 Å². The lowest BCUT2D eigenvalue weighted by atomic mass is 9.95. The molecule has 0 unspecified atom stereocenters. The number of carbonyl (C=O) groups is 2. The topological polar surface area (TPSA) is 49.4 Å². The van der Waals surface area contributed by atoms with Crippen LogP contribution in [0.25, 0.3) is 0 Å². The van der Waals surface area contributed by atoms with Gasteiger partial charge in [-0.2, -0.15) is 13.2 Å². The van der Waals surface area contributed by atoms with Crippen LogP contribution in [0.4, 0.5) is 13.2 Å². The number of nitrogens with zero attached hydrogens (tertiary/aromatic N) is 1. The van der Waals surface area contributed by atoms with E-state index in [2.05, 4.69) is 5.32 Å². The number of hydrogen-bond donors (Lipinski definition) is 1. The molecule has 1 aliphatic heterocycles. The van der Waals surface area contributed by atoms with Crippen molar-refractivity contribution in [3.8, 4) is 0 Å². The third-order valence-electron chi connectivity index (χ3n) is 4.75. The van der Waals surface area contributed by atoms with Crippen LogP contribution in [0, 0.1) is 5.92 Å². The van der Waals surface area contributed by atoms with Crippen LogP contribution in [0.3, 0.4) is 0 Å². The van der Waals surface area contributed by atoms with E-state index >= 15 is 0 Å². The Morgan fingerprint density at radius 3 is 2.40 bits per heavy atom. The van der Waals surface area contributed by atoms with Gasteiger partial charge in [0.1, 0.15) is 0 Å². The summed E-state index contributed by atoms with van der Waals surface area (Å²) in [6.07, 6.45) is -1.17. The van der Waals surface area contributed by atoms with E-state index in [0.29, 0.717) is 37.5 Å². The van der Waals surface area contributed by atoms with Crippen LogP contribution >= 0.6 is 0 Å². The average molecular weight is 354 g/mol. The molecule has 1 aromatic rings. The number of alkyl halides is 3. The predicted octanol–water partition coefficient (Wildman–Crippen LogP) is 2.77. The van der Waals surface area contributed by atoms with E-state index in [-0.39, 0.29) is 24.2 Å². The number of carbonyl (C=O) groups excluding carboxylic acids is 2. The highest BCUT2D eigenvalue weighted by Crippen LogP contribution is 2.30. The van der Waals surface area contributed by atoms with Crippen LogP contribution in [-0.4, -0.2) is 35.8 Å². The first-order valence-electron chi connectivity index (χ1n) is 8.57. The number of halogens is 3. The van der Waals surface area contributed by atoms with Gasteiger partial charge in [-0.3, -0.25) is 9.59 Å². The quantitative estimate of drug-likeness (QED) is 0.904. The summed E-state index contributed by atoms with van der Waals surface area (Å²) in [6.45, 7) is 0.946. The van der Waals surface area contributed by atoms with Crippen molar-refractivity contribution in [2.24, 2.45) is 5.92 Å². The van der Waals surface area contributed by atoms with Gasteiger partial charge >= 0.3 is 6.18 Å². The van der Waals surface area contributed by atoms with Gasteiger partial charge in [-0.15, -0.1) is 0 Å². The molecule has 7 heteroatoms. The molecule has 0 atom stereocenters. The van der Waals surface area contributed by atoms with Gasteiger partial charge in [-0.1, -0.05) is 18.2 Å². The molecule has 2 aliphatic rings. The van der Waals surface area contributed by atoms with Gasteiger partial charge < -0.3 is 10.2 Å². The first-order valence-corrected chi connectivity index (χ1v) is 8.57. The van der Waals surface area contributed by atoms with E-state index in [1.807, 2.05) is 0 Å². The molecule has 4 nitrogen and oxygen atoms in total. The maximum atomic E-state index is 12.7. The number of nitrogens with one attached hydrogen (secondary N) is 1. The van der Waals surface area contributed by atoms with Gasteiger partial charge in [0, 0.05) is 25.0 Å². The Morgan fingerprint density at radius 2 is 1.80 bits per heavy atom. The molecule has 3 rings (SSSR count). The fourth-order valence-electron chi connectivity index (χ4n) is 3.08. The fraction of sp³-hybridized carbons (Fsp3) is 0.556. The molecule has 25 heavy (non-hydrogen) atoms. The van der Waals surface area contributed by atoms with Gasteiger partial charge in [0.15, 0.2) is 0 Å². The van der Waals surface area contributed by atoms with Crippen LogP contribution in [-0.2, 0) is 22.2 Å². The maximum absolute atomic E-state index is 12.7. The summed E-state index contributed by atoms with van der Waals surface area (Å²) in [5.74, 6) is -0.203. The van der Waals surface area contributed by atoms with Crippen molar-refractivity contribution in [1.29, 1.82) is 0 Å². The first kappa shape index (κ1) is 17.8. The molecule has 0 aromatic heterocycles. The molecule has 136 valence electrons. The first-order chi connectivity index (χ1) is 11.8. The lowest BCUT2D eigenvalue weighted by Gasteiger charge is -2.31. The summed E-state index contributed by atoms with van der Waals surface area (Å²) < 4.78 is 38.2. The highest BCUT2D eigenvalue weighted by atomic mass is 19.4. The molecule has 0 bridgehead atoms. The van der Waals surface area contributed by atoms with E-state index in [4.69, 9.17) is 0 Å². The highest BCUT2D eigenvalue weighted by Gasteiger charge is 2.32. The minimum atomic E-state index is -4.41. The SMILES string of the molecule is O=C(NC1CC1)C1CCN(C(=O)Cc2cccc(C(F)(F)F)c2)CC1. The van der Waals surface area contributed by atoms with Crippen molar-refractivity contribution >= 4 is 11.8 Å². The molecule has 1 saturated carbocycles. The van der Waals surface area contributed by atoms with Crippen molar-refractivity contribution in [1.82, 2.24) is 10.2 Å². The molecule has 1 aliphatic carbocycles. The van der Waals surface area contributed by atoms with Crippen molar-refractivity contribution in [2.45, 2.75) is 44.3 Å². The molecule has 1 heterocycles. The molecule has 1 aromatic carbocycles. The number of rotatable bonds is 4. The second kappa shape index (κ2) is 7.06. The predicted molar refractivity (Wildman–Crippen MR) is 85.6 cm³/mol. The van der Waals surface area contributed by atoms with Crippen molar-refractivity contribution in [2.75, 3.05) is 13.1 Å². The molecule has 0 radical (unpaired) electrons. The Labute approximate surface area is 144 Å². The van der Waals surface area contributed by atoms with Crippen LogP contribution in [0.2, 0.25) is 0 Å². The lowest BCUT2D eigenvalue weighted by molar-refractivity contribution is -0.138. The Kier molecular flexibility index (Phi) is 5.01. The van der Waals surface area contributed by atoms with E-state index < -0.39 is 11.7 Å². The van der Waals surface area contributed by atoms with Crippen LogP contribution in [0.1, 0.15) is 36.8 Å². The molecule has 0 spiro atoms. The normalized spacial score (nSPS) is 18.9. The number of hydrogen-bond acceptors (Lipinski definition) is 2. The second-order valence-corrected chi connectivity index (χ2v) is 6.81. The molecule has 1 N–H and O–H groups in total. The number of amides is 2. The summed E-state index contributed by atoms with van der Waals surface area (Å²) in [5, 5.41) is 2.98. The van der Waals surface area contributed by atoms with Crippen LogP contribution < -0.4 is 5.32 Å². The largest absolute Gasteiger partial charge is 0.416 e. The maximum Gasteiger partial charge on any atom is 0.416 e. The molecule has 2 amide bonds. The fourth-order valence-corrected chi connectivity index (χ4v) is 3.08. The molecular weight excluding hydrogens is 333 g/mol. The zero-order chi connectivity index (χ0) is 18.0. The van der Waals surface area contributed by atoms with Gasteiger partial charge in [-0.25, -0.2) is 0 Å². The average Bonchev–Trinajstić information content (AvgIpc) is 3.38. The van der Waals surface area contributed by atoms with Gasteiger partial charge in [-0.05, 0) is 37.3 Å². The summed E-state index contributed by atoms with van der Waals surface area (Å²) in [6, 6.07) is 5.20. The van der Waals surface area contributed by atoms with E-state index in [1.165, 1.54) is 12.1 Å². The van der Waals surface area contributed by atoms with E-state index in [0.717, 1.165) is 25.0 Å². The summed E-state index contributed by atoms with van der Waals surface area (Å²) in [7, 11) is 0. The third kappa shape index (κ3) is 4.74. The van der Waals surface area contributed by atoms with Gasteiger partial charge in [0.05, 0.1) is 12.0 Å². The second-order valence-electron chi connectivity index (χ2n) is 6.81.